The Labute approximate surface area is 105 Å². The van der Waals surface area contributed by atoms with Gasteiger partial charge >= 0.3 is 0 Å². The van der Waals surface area contributed by atoms with Gasteiger partial charge in [0.1, 0.15) is 0 Å². The smallest absolute Gasteiger partial charge is 0.194 e. The molecule has 0 bridgehead atoms. The Kier molecular flexibility index (Phi) is 5.41. The van der Waals surface area contributed by atoms with E-state index in [4.69, 9.17) is 0 Å². The topological polar surface area (TPSA) is 9.72 Å². The summed E-state index contributed by atoms with van der Waals surface area (Å²) in [6.07, 6.45) is 0. The lowest BCUT2D eigenvalue weighted by molar-refractivity contribution is 0.400. The van der Waals surface area contributed by atoms with Crippen LogP contribution < -0.4 is 0 Å². The molecule has 0 heterocycles. The summed E-state index contributed by atoms with van der Waals surface area (Å²) in [5.41, 5.74) is 0. The highest BCUT2D eigenvalue weighted by Gasteiger charge is 2.45. The van der Waals surface area contributed by atoms with Gasteiger partial charge in [-0.3, -0.25) is 0 Å². The fraction of sp³-hybridized carbons (Fsp3) is 1.00. The van der Waals surface area contributed by atoms with Crippen molar-refractivity contribution < 1.29 is 0 Å². The second-order valence-electron chi connectivity index (χ2n) is 6.24. The summed E-state index contributed by atoms with van der Waals surface area (Å²) in [6.45, 7) is 14.5. The Bertz CT molecular complexity index is 205. The largest absolute Gasteiger partial charge is 0.319 e. The molecule has 0 aliphatic carbocycles. The monoisotopic (exact) mass is 261 g/mol. The molecule has 0 aromatic carbocycles. The molecule has 0 amide bonds. The molecule has 0 saturated heterocycles. The van der Waals surface area contributed by atoms with Gasteiger partial charge in [0.05, 0.1) is 0 Å². The predicted molar refractivity (Wildman–Crippen MR) is 79.3 cm³/mol. The van der Waals surface area contributed by atoms with E-state index >= 15 is 0 Å². The molecular weight excluding hydrogens is 230 g/mol. The summed E-state index contributed by atoms with van der Waals surface area (Å²) in [6, 6.07) is 0.619. The first-order valence-corrected chi connectivity index (χ1v) is 11.9. The molecule has 0 aromatic rings. The van der Waals surface area contributed by atoms with Crippen molar-refractivity contribution in [1.82, 2.24) is 13.4 Å². The first-order chi connectivity index (χ1) is 6.95. The van der Waals surface area contributed by atoms with Crippen molar-refractivity contribution >= 4 is 16.8 Å². The van der Waals surface area contributed by atoms with Gasteiger partial charge in [-0.15, -0.1) is 0 Å². The molecule has 0 aromatic heterocycles. The third-order valence-electron chi connectivity index (χ3n) is 3.88. The molecule has 5 heteroatoms. The summed E-state index contributed by atoms with van der Waals surface area (Å²) >= 11 is 0. The highest BCUT2D eigenvalue weighted by Crippen LogP contribution is 2.25. The van der Waals surface area contributed by atoms with Crippen molar-refractivity contribution in [2.45, 2.75) is 46.1 Å². The van der Waals surface area contributed by atoms with Crippen molar-refractivity contribution in [2.75, 3.05) is 28.2 Å². The Balaban J connectivity index is 5.33. The van der Waals surface area contributed by atoms with Crippen molar-refractivity contribution in [3.05, 3.63) is 0 Å². The highest BCUT2D eigenvalue weighted by molar-refractivity contribution is 6.88. The molecule has 0 rings (SSSR count). The highest BCUT2D eigenvalue weighted by atomic mass is 28.4. The van der Waals surface area contributed by atoms with Crippen molar-refractivity contribution in [1.29, 1.82) is 0 Å². The summed E-state index contributed by atoms with van der Waals surface area (Å²) in [4.78, 5) is 0. The quantitative estimate of drug-likeness (QED) is 0.703. The number of hydrogen-bond donors (Lipinski definition) is 0. The Morgan fingerprint density at radius 3 is 1.06 bits per heavy atom. The van der Waals surface area contributed by atoms with Crippen LogP contribution in [0, 0.1) is 0 Å². The molecule has 0 atom stereocenters. The summed E-state index contributed by atoms with van der Waals surface area (Å²) in [7, 11) is 5.93. The number of hydrogen-bond acceptors (Lipinski definition) is 3. The van der Waals surface area contributed by atoms with Gasteiger partial charge in [-0.2, -0.15) is 0 Å². The number of rotatable bonds is 5. The van der Waals surface area contributed by atoms with Crippen LogP contribution in [-0.2, 0) is 0 Å². The van der Waals surface area contributed by atoms with Crippen LogP contribution in [0.3, 0.4) is 0 Å². The summed E-state index contributed by atoms with van der Waals surface area (Å²) in [5.74, 6) is 0. The Morgan fingerprint density at radius 2 is 0.938 bits per heavy atom. The fourth-order valence-corrected chi connectivity index (χ4v) is 12.3. The average molecular weight is 262 g/mol. The minimum atomic E-state index is -1.48. The van der Waals surface area contributed by atoms with Gasteiger partial charge in [-0.05, 0) is 60.4 Å². The van der Waals surface area contributed by atoms with Crippen LogP contribution in [0.5, 0.6) is 0 Å². The van der Waals surface area contributed by atoms with E-state index in [1.807, 2.05) is 0 Å². The van der Waals surface area contributed by atoms with Gasteiger partial charge < -0.3 is 13.4 Å². The van der Waals surface area contributed by atoms with Crippen LogP contribution in [0.4, 0.5) is 0 Å². The molecule has 0 aliphatic rings. The molecule has 0 saturated carbocycles. The maximum absolute atomic E-state index is 2.82. The van der Waals surface area contributed by atoms with Gasteiger partial charge in [0.2, 0.25) is 0 Å². The maximum atomic E-state index is 2.82. The van der Waals surface area contributed by atoms with Gasteiger partial charge in [0, 0.05) is 0 Å². The third kappa shape index (κ3) is 3.16. The zero-order valence-corrected chi connectivity index (χ0v) is 14.9. The molecule has 98 valence electrons. The zero-order chi connectivity index (χ0) is 13.3. The fourth-order valence-electron chi connectivity index (χ4n) is 2.36. The Hall–Kier alpha value is 0.314. The third-order valence-corrected chi connectivity index (χ3v) is 14.9. The molecule has 0 aliphatic heterocycles. The minimum absolute atomic E-state index is 0.619. The zero-order valence-electron chi connectivity index (χ0n) is 12.9. The molecule has 0 radical (unpaired) electrons. The van der Waals surface area contributed by atoms with Gasteiger partial charge in [-0.1, -0.05) is 13.8 Å². The van der Waals surface area contributed by atoms with Crippen molar-refractivity contribution in [2.24, 2.45) is 0 Å². The minimum Gasteiger partial charge on any atom is -0.319 e. The number of nitrogens with zero attached hydrogens (tertiary/aromatic N) is 3. The van der Waals surface area contributed by atoms with E-state index in [1.165, 1.54) is 0 Å². The van der Waals surface area contributed by atoms with Crippen LogP contribution in [0.25, 0.3) is 0 Å². The van der Waals surface area contributed by atoms with E-state index in [1.54, 1.807) is 0 Å². The van der Waals surface area contributed by atoms with Crippen LogP contribution in [0.1, 0.15) is 13.8 Å². The first-order valence-electron chi connectivity index (χ1n) is 6.10. The lowest BCUT2D eigenvalue weighted by atomic mass is 10.4. The van der Waals surface area contributed by atoms with E-state index in [9.17, 15) is 0 Å². The molecule has 0 N–H and O–H groups in total. The standard InChI is InChI=1S/C11H31N3Si2/c1-11(2)14(15(7,8)12(3)4)16(9,10)13(5)6/h11H,1-10H3. The average Bonchev–Trinajstić information content (AvgIpc) is 2.00. The summed E-state index contributed by atoms with van der Waals surface area (Å²) < 4.78 is 7.72. The normalized spacial score (nSPS) is 14.6. The molecule has 0 fully saturated rings. The Morgan fingerprint density at radius 1 is 0.688 bits per heavy atom. The molecule has 0 unspecified atom stereocenters. The van der Waals surface area contributed by atoms with Crippen LogP contribution in [-0.4, -0.2) is 64.4 Å². The van der Waals surface area contributed by atoms with Gasteiger partial charge in [-0.25, -0.2) is 0 Å². The van der Waals surface area contributed by atoms with E-state index in [0.717, 1.165) is 0 Å². The second-order valence-corrected chi connectivity index (χ2v) is 15.4. The molecule has 3 nitrogen and oxygen atoms in total. The van der Waals surface area contributed by atoms with E-state index in [0.29, 0.717) is 6.04 Å². The van der Waals surface area contributed by atoms with Crippen LogP contribution >= 0.6 is 0 Å². The van der Waals surface area contributed by atoms with Gasteiger partial charge in [0.25, 0.3) is 0 Å². The second kappa shape index (κ2) is 5.31. The van der Waals surface area contributed by atoms with Crippen LogP contribution in [0.2, 0.25) is 26.2 Å². The van der Waals surface area contributed by atoms with Crippen molar-refractivity contribution in [3.63, 3.8) is 0 Å². The maximum Gasteiger partial charge on any atom is 0.194 e. The molecule has 0 spiro atoms. The lowest BCUT2D eigenvalue weighted by Crippen LogP contribution is -2.74. The summed E-state index contributed by atoms with van der Waals surface area (Å²) in [5, 5.41) is 0. The first kappa shape index (κ1) is 16.3. The predicted octanol–water partition coefficient (Wildman–Crippen LogP) is 2.22. The van der Waals surface area contributed by atoms with Gasteiger partial charge in [0.15, 0.2) is 16.8 Å². The van der Waals surface area contributed by atoms with E-state index < -0.39 is 16.8 Å². The van der Waals surface area contributed by atoms with E-state index in [-0.39, 0.29) is 0 Å². The lowest BCUT2D eigenvalue weighted by Gasteiger charge is -2.53. The van der Waals surface area contributed by atoms with E-state index in [2.05, 4.69) is 81.6 Å². The van der Waals surface area contributed by atoms with Crippen molar-refractivity contribution in [3.8, 4) is 0 Å². The molecular formula is C11H31N3Si2. The van der Waals surface area contributed by atoms with Crippen LogP contribution in [0.15, 0.2) is 0 Å². The SMILES string of the molecule is CC(C)N([Si](C)(C)N(C)C)[Si](C)(C)N(C)C. The molecule has 16 heavy (non-hydrogen) atoms.